The molecule has 0 saturated heterocycles. The van der Waals surface area contributed by atoms with Crippen molar-refractivity contribution in [3.05, 3.63) is 39.9 Å². The Bertz CT molecular complexity index is 540. The molecule has 18 heavy (non-hydrogen) atoms. The number of rotatable bonds is 4. The number of hydrazone groups is 1. The Balaban J connectivity index is 3.30. The normalized spacial score (nSPS) is 10.8. The number of primary amides is 1. The molecule has 2 amide bonds. The number of hydrogen-bond acceptors (Lipinski definition) is 5. The maximum absolute atomic E-state index is 10.9. The first kappa shape index (κ1) is 13.1. The van der Waals surface area contributed by atoms with Gasteiger partial charge in [-0.05, 0) is 6.07 Å². The van der Waals surface area contributed by atoms with Gasteiger partial charge in [0, 0.05) is 6.07 Å². The lowest BCUT2D eigenvalue weighted by Crippen LogP contribution is -2.28. The van der Waals surface area contributed by atoms with Crippen molar-refractivity contribution in [1.29, 1.82) is 0 Å². The van der Waals surface area contributed by atoms with Crippen molar-refractivity contribution in [3.8, 4) is 0 Å². The smallest absolute Gasteiger partial charge is 0.357 e. The van der Waals surface area contributed by atoms with Gasteiger partial charge in [0.1, 0.15) is 0 Å². The van der Waals surface area contributed by atoms with E-state index in [1.807, 2.05) is 0 Å². The lowest BCUT2D eigenvalue weighted by molar-refractivity contribution is -0.385. The summed E-state index contributed by atoms with van der Waals surface area (Å²) in [4.78, 5) is 31.4. The van der Waals surface area contributed by atoms with Gasteiger partial charge < -0.3 is 10.8 Å². The van der Waals surface area contributed by atoms with Crippen LogP contribution in [0.5, 0.6) is 0 Å². The quantitative estimate of drug-likeness (QED) is 0.393. The monoisotopic (exact) mass is 252 g/mol. The fraction of sp³-hybridized carbons (Fsp3) is 0. The number of carbonyl (C=O) groups is 2. The molecule has 0 spiro atoms. The number of nitro groups is 1. The predicted octanol–water partition coefficient (Wildman–Crippen LogP) is 0.0518. The van der Waals surface area contributed by atoms with E-state index < -0.39 is 28.3 Å². The minimum Gasteiger partial charge on any atom is -0.476 e. The zero-order valence-electron chi connectivity index (χ0n) is 8.86. The second kappa shape index (κ2) is 5.39. The number of para-hydroxylation sites is 1. The highest BCUT2D eigenvalue weighted by molar-refractivity contribution is 6.43. The molecule has 0 fully saturated rings. The topological polar surface area (TPSA) is 148 Å². The zero-order chi connectivity index (χ0) is 13.7. The molecule has 0 atom stereocenters. The third-order valence-electron chi connectivity index (χ3n) is 1.84. The second-order valence-electron chi connectivity index (χ2n) is 3.02. The molecule has 94 valence electrons. The minimum atomic E-state index is -1.53. The highest BCUT2D eigenvalue weighted by Crippen LogP contribution is 2.18. The maximum Gasteiger partial charge on any atom is 0.357 e. The van der Waals surface area contributed by atoms with Crippen LogP contribution in [0, 0.1) is 10.1 Å². The molecule has 1 aromatic rings. The van der Waals surface area contributed by atoms with Gasteiger partial charge in [-0.2, -0.15) is 5.10 Å². The van der Waals surface area contributed by atoms with Crippen molar-refractivity contribution in [3.63, 3.8) is 0 Å². The van der Waals surface area contributed by atoms with Gasteiger partial charge >= 0.3 is 12.0 Å². The predicted molar refractivity (Wildman–Crippen MR) is 60.0 cm³/mol. The fourth-order valence-corrected chi connectivity index (χ4v) is 1.17. The fourth-order valence-electron chi connectivity index (χ4n) is 1.17. The van der Waals surface area contributed by atoms with E-state index >= 15 is 0 Å². The molecule has 0 saturated carbocycles. The van der Waals surface area contributed by atoms with Crippen LogP contribution in [0.1, 0.15) is 5.56 Å². The van der Waals surface area contributed by atoms with Gasteiger partial charge in [-0.3, -0.25) is 10.1 Å². The van der Waals surface area contributed by atoms with Gasteiger partial charge in [-0.25, -0.2) is 15.0 Å². The van der Waals surface area contributed by atoms with Crippen molar-refractivity contribution < 1.29 is 19.6 Å². The largest absolute Gasteiger partial charge is 0.476 e. The highest BCUT2D eigenvalue weighted by atomic mass is 16.6. The average Bonchev–Trinajstić information content (AvgIpc) is 2.28. The van der Waals surface area contributed by atoms with E-state index in [9.17, 15) is 19.7 Å². The number of nitrogens with zero attached hydrogens (tertiary/aromatic N) is 2. The Morgan fingerprint density at radius 3 is 2.50 bits per heavy atom. The second-order valence-corrected chi connectivity index (χ2v) is 3.02. The first-order chi connectivity index (χ1) is 8.43. The molecule has 0 unspecified atom stereocenters. The zero-order valence-corrected chi connectivity index (χ0v) is 8.86. The van der Waals surface area contributed by atoms with Crippen molar-refractivity contribution in [2.45, 2.75) is 0 Å². The van der Waals surface area contributed by atoms with Crippen LogP contribution in [0.2, 0.25) is 0 Å². The van der Waals surface area contributed by atoms with Crippen molar-refractivity contribution in [2.75, 3.05) is 0 Å². The Labute approximate surface area is 100 Å². The van der Waals surface area contributed by atoms with Crippen LogP contribution in [0.25, 0.3) is 0 Å². The van der Waals surface area contributed by atoms with Crippen LogP contribution in [0.4, 0.5) is 10.5 Å². The summed E-state index contributed by atoms with van der Waals surface area (Å²) in [6.07, 6.45) is 0. The van der Waals surface area contributed by atoms with Gasteiger partial charge in [-0.15, -0.1) is 0 Å². The number of nitro benzene ring substituents is 1. The summed E-state index contributed by atoms with van der Waals surface area (Å²) in [6, 6.07) is 4.03. The number of urea groups is 1. The van der Waals surface area contributed by atoms with Crippen molar-refractivity contribution >= 4 is 23.4 Å². The molecule has 4 N–H and O–H groups in total. The van der Waals surface area contributed by atoms with Gasteiger partial charge in [0.15, 0.2) is 5.71 Å². The Morgan fingerprint density at radius 1 is 1.39 bits per heavy atom. The summed E-state index contributed by atoms with van der Waals surface area (Å²) in [5.41, 5.74) is 5.10. The van der Waals surface area contributed by atoms with Gasteiger partial charge in [0.05, 0.1) is 10.5 Å². The van der Waals surface area contributed by atoms with Gasteiger partial charge in [0.25, 0.3) is 5.69 Å². The molecule has 0 aliphatic rings. The minimum absolute atomic E-state index is 0.233. The molecule has 0 heterocycles. The van der Waals surface area contributed by atoms with Crippen molar-refractivity contribution in [1.82, 2.24) is 5.43 Å². The van der Waals surface area contributed by atoms with Crippen LogP contribution in [-0.2, 0) is 4.79 Å². The van der Waals surface area contributed by atoms with E-state index in [0.717, 1.165) is 6.07 Å². The first-order valence-electron chi connectivity index (χ1n) is 4.53. The SMILES string of the molecule is NC(=O)N/N=C(\C(=O)O)c1ccccc1[N+](=O)[O-]. The van der Waals surface area contributed by atoms with Crippen LogP contribution in [0.15, 0.2) is 29.4 Å². The van der Waals surface area contributed by atoms with E-state index in [0.29, 0.717) is 0 Å². The molecule has 0 bridgehead atoms. The number of nitrogens with two attached hydrogens (primary N) is 1. The maximum atomic E-state index is 10.9. The third kappa shape index (κ3) is 3.01. The first-order valence-corrected chi connectivity index (χ1v) is 4.53. The van der Waals surface area contributed by atoms with Gasteiger partial charge in [-0.1, -0.05) is 12.1 Å². The number of carboxylic acid groups (broad SMARTS) is 1. The molecule has 9 nitrogen and oxygen atoms in total. The van der Waals surface area contributed by atoms with Crippen LogP contribution < -0.4 is 11.2 Å². The summed E-state index contributed by atoms with van der Waals surface area (Å²) >= 11 is 0. The molecular weight excluding hydrogens is 244 g/mol. The standard InChI is InChI=1S/C9H8N4O5/c10-9(16)12-11-7(8(14)15)5-3-1-2-4-6(5)13(17)18/h1-4H,(H,14,15)(H3,10,12,16)/b11-7-. The van der Waals surface area contributed by atoms with Crippen molar-refractivity contribution in [2.24, 2.45) is 10.8 Å². The highest BCUT2D eigenvalue weighted by Gasteiger charge is 2.22. The molecule has 0 aliphatic heterocycles. The third-order valence-corrected chi connectivity index (χ3v) is 1.84. The Hall–Kier alpha value is -2.97. The van der Waals surface area contributed by atoms with E-state index in [1.165, 1.54) is 18.2 Å². The van der Waals surface area contributed by atoms with Crippen LogP contribution in [0.3, 0.4) is 0 Å². The van der Waals surface area contributed by atoms with E-state index in [1.54, 1.807) is 5.43 Å². The molecule has 1 aromatic carbocycles. The average molecular weight is 252 g/mol. The molecule has 1 rings (SSSR count). The molecular formula is C9H8N4O5. The number of carbonyl (C=O) groups excluding carboxylic acids is 1. The summed E-state index contributed by atoms with van der Waals surface area (Å²) in [6.45, 7) is 0. The molecule has 0 radical (unpaired) electrons. The molecule has 0 aliphatic carbocycles. The lowest BCUT2D eigenvalue weighted by Gasteiger charge is -2.02. The summed E-state index contributed by atoms with van der Waals surface area (Å²) in [7, 11) is 0. The van der Waals surface area contributed by atoms with Gasteiger partial charge in [0.2, 0.25) is 0 Å². The summed E-state index contributed by atoms with van der Waals surface area (Å²) in [5.74, 6) is -1.53. The van der Waals surface area contributed by atoms with Crippen LogP contribution in [-0.4, -0.2) is 27.7 Å². The number of nitrogens with one attached hydrogen (secondary N) is 1. The summed E-state index contributed by atoms with van der Waals surface area (Å²) < 4.78 is 0. The Kier molecular flexibility index (Phi) is 3.92. The number of benzene rings is 1. The number of amides is 2. The number of hydrogen-bond donors (Lipinski definition) is 3. The summed E-state index contributed by atoms with van der Waals surface area (Å²) in [5, 5.41) is 22.9. The van der Waals surface area contributed by atoms with Crippen LogP contribution >= 0.6 is 0 Å². The molecule has 9 heteroatoms. The lowest BCUT2D eigenvalue weighted by atomic mass is 10.1. The number of aliphatic carboxylic acids is 1. The molecule has 0 aromatic heterocycles. The van der Waals surface area contributed by atoms with E-state index in [4.69, 9.17) is 10.8 Å². The van der Waals surface area contributed by atoms with E-state index in [2.05, 4.69) is 5.10 Å². The van der Waals surface area contributed by atoms with E-state index in [-0.39, 0.29) is 5.56 Å². The Morgan fingerprint density at radius 2 is 2.00 bits per heavy atom. The number of carboxylic acids is 1.